The van der Waals surface area contributed by atoms with Gasteiger partial charge in [0.2, 0.25) is 0 Å². The van der Waals surface area contributed by atoms with Gasteiger partial charge in [-0.2, -0.15) is 0 Å². The van der Waals surface area contributed by atoms with Crippen molar-refractivity contribution in [2.24, 2.45) is 0 Å². The predicted molar refractivity (Wildman–Crippen MR) is 82.2 cm³/mol. The molecule has 19 heavy (non-hydrogen) atoms. The van der Waals surface area contributed by atoms with E-state index in [1.54, 1.807) is 0 Å². The molecule has 0 aliphatic heterocycles. The van der Waals surface area contributed by atoms with Crippen molar-refractivity contribution in [2.45, 2.75) is 13.5 Å². The molecule has 1 N–H and O–H groups in total. The van der Waals surface area contributed by atoms with E-state index in [2.05, 4.69) is 47.4 Å². The fraction of sp³-hybridized carbons (Fsp3) is 0.600. The fourth-order valence-electron chi connectivity index (χ4n) is 1.84. The van der Waals surface area contributed by atoms with Crippen molar-refractivity contribution < 1.29 is 4.74 Å². The van der Waals surface area contributed by atoms with Crippen molar-refractivity contribution in [2.75, 3.05) is 52.8 Å². The molecule has 4 heteroatoms. The number of anilines is 1. The SMILES string of the molecule is CCOc1cc(CNCCN(C)C)ccc1N(C)C. The maximum absolute atomic E-state index is 5.71. The van der Waals surface area contributed by atoms with Crippen molar-refractivity contribution in [3.05, 3.63) is 23.8 Å². The summed E-state index contributed by atoms with van der Waals surface area (Å²) in [4.78, 5) is 4.25. The van der Waals surface area contributed by atoms with Crippen LogP contribution in [0.1, 0.15) is 12.5 Å². The van der Waals surface area contributed by atoms with Gasteiger partial charge in [-0.25, -0.2) is 0 Å². The van der Waals surface area contributed by atoms with Gasteiger partial charge >= 0.3 is 0 Å². The Labute approximate surface area is 117 Å². The van der Waals surface area contributed by atoms with Crippen molar-refractivity contribution in [3.63, 3.8) is 0 Å². The third kappa shape index (κ3) is 5.49. The Kier molecular flexibility index (Phi) is 6.67. The van der Waals surface area contributed by atoms with Crippen molar-refractivity contribution in [3.8, 4) is 5.75 Å². The van der Waals surface area contributed by atoms with E-state index in [9.17, 15) is 0 Å². The summed E-state index contributed by atoms with van der Waals surface area (Å²) in [5.41, 5.74) is 2.38. The minimum atomic E-state index is 0.693. The smallest absolute Gasteiger partial charge is 0.142 e. The second-order valence-electron chi connectivity index (χ2n) is 5.11. The highest BCUT2D eigenvalue weighted by molar-refractivity contribution is 5.58. The van der Waals surface area contributed by atoms with Crippen LogP contribution in [0, 0.1) is 0 Å². The summed E-state index contributed by atoms with van der Waals surface area (Å²) in [6.07, 6.45) is 0. The fourth-order valence-corrected chi connectivity index (χ4v) is 1.84. The van der Waals surface area contributed by atoms with E-state index in [1.807, 2.05) is 21.0 Å². The Morgan fingerprint density at radius 2 is 1.89 bits per heavy atom. The molecule has 0 aliphatic rings. The Bertz CT molecular complexity index is 378. The number of ether oxygens (including phenoxy) is 1. The first-order valence-corrected chi connectivity index (χ1v) is 6.83. The normalized spacial score (nSPS) is 10.8. The van der Waals surface area contributed by atoms with Gasteiger partial charge in [-0.15, -0.1) is 0 Å². The minimum absolute atomic E-state index is 0.693. The first kappa shape index (κ1) is 15.8. The van der Waals surface area contributed by atoms with Gasteiger partial charge in [0.15, 0.2) is 0 Å². The molecule has 0 heterocycles. The van der Waals surface area contributed by atoms with Crippen LogP contribution < -0.4 is 15.0 Å². The van der Waals surface area contributed by atoms with Gasteiger partial charge in [0.1, 0.15) is 5.75 Å². The standard InChI is InChI=1S/C15H27N3O/c1-6-19-15-11-13(7-8-14(15)18(4)5)12-16-9-10-17(2)3/h7-8,11,16H,6,9-10,12H2,1-5H3. The van der Waals surface area contributed by atoms with Crippen LogP contribution in [-0.2, 0) is 6.54 Å². The van der Waals surface area contributed by atoms with Crippen molar-refractivity contribution in [1.82, 2.24) is 10.2 Å². The number of hydrogen-bond acceptors (Lipinski definition) is 4. The van der Waals surface area contributed by atoms with Crippen molar-refractivity contribution >= 4 is 5.69 Å². The molecule has 0 bridgehead atoms. The molecule has 0 amide bonds. The molecule has 0 saturated heterocycles. The molecule has 0 aromatic heterocycles. The third-order valence-corrected chi connectivity index (χ3v) is 2.87. The Hall–Kier alpha value is -1.26. The molecule has 0 radical (unpaired) electrons. The average Bonchev–Trinajstić information content (AvgIpc) is 2.35. The Morgan fingerprint density at radius 3 is 2.47 bits per heavy atom. The molecule has 0 fully saturated rings. The molecular weight excluding hydrogens is 238 g/mol. The van der Waals surface area contributed by atoms with Crippen LogP contribution in [0.5, 0.6) is 5.75 Å². The van der Waals surface area contributed by atoms with E-state index < -0.39 is 0 Å². The second-order valence-corrected chi connectivity index (χ2v) is 5.11. The Morgan fingerprint density at radius 1 is 1.16 bits per heavy atom. The topological polar surface area (TPSA) is 27.7 Å². The molecule has 1 aromatic rings. The number of benzene rings is 1. The average molecular weight is 265 g/mol. The number of rotatable bonds is 8. The summed E-state index contributed by atoms with van der Waals surface area (Å²) >= 11 is 0. The van der Waals surface area contributed by atoms with Gasteiger partial charge in [-0.05, 0) is 38.7 Å². The molecule has 1 rings (SSSR count). The van der Waals surface area contributed by atoms with Gasteiger partial charge in [-0.3, -0.25) is 0 Å². The number of likely N-dealkylation sites (N-methyl/N-ethyl adjacent to an activating group) is 1. The highest BCUT2D eigenvalue weighted by atomic mass is 16.5. The number of nitrogens with zero attached hydrogens (tertiary/aromatic N) is 2. The van der Waals surface area contributed by atoms with Crippen molar-refractivity contribution in [1.29, 1.82) is 0 Å². The van der Waals surface area contributed by atoms with Crippen LogP contribution in [-0.4, -0.2) is 52.8 Å². The third-order valence-electron chi connectivity index (χ3n) is 2.87. The maximum Gasteiger partial charge on any atom is 0.142 e. The minimum Gasteiger partial charge on any atom is -0.492 e. The summed E-state index contributed by atoms with van der Waals surface area (Å²) in [5, 5.41) is 3.44. The van der Waals surface area contributed by atoms with E-state index >= 15 is 0 Å². The van der Waals surface area contributed by atoms with Gasteiger partial charge in [0, 0.05) is 33.7 Å². The van der Waals surface area contributed by atoms with E-state index in [0.717, 1.165) is 31.1 Å². The van der Waals surface area contributed by atoms with Crippen LogP contribution in [0.15, 0.2) is 18.2 Å². The summed E-state index contributed by atoms with van der Waals surface area (Å²) in [7, 11) is 8.24. The second kappa shape index (κ2) is 8.02. The van der Waals surface area contributed by atoms with Crippen LogP contribution in [0.3, 0.4) is 0 Å². The highest BCUT2D eigenvalue weighted by Crippen LogP contribution is 2.28. The first-order valence-electron chi connectivity index (χ1n) is 6.83. The molecule has 0 spiro atoms. The van der Waals surface area contributed by atoms with Gasteiger partial charge in [-0.1, -0.05) is 6.07 Å². The first-order chi connectivity index (χ1) is 9.04. The lowest BCUT2D eigenvalue weighted by Gasteiger charge is -2.18. The van der Waals surface area contributed by atoms with E-state index in [1.165, 1.54) is 5.56 Å². The molecule has 4 nitrogen and oxygen atoms in total. The summed E-state index contributed by atoms with van der Waals surface area (Å²) in [6.45, 7) is 5.63. The molecular formula is C15H27N3O. The van der Waals surface area contributed by atoms with E-state index in [0.29, 0.717) is 6.61 Å². The molecule has 0 unspecified atom stereocenters. The predicted octanol–water partition coefficient (Wildman–Crippen LogP) is 1.80. The van der Waals surface area contributed by atoms with Crippen LogP contribution in [0.4, 0.5) is 5.69 Å². The zero-order chi connectivity index (χ0) is 14.3. The molecule has 0 saturated carbocycles. The highest BCUT2D eigenvalue weighted by Gasteiger charge is 2.06. The van der Waals surface area contributed by atoms with Crippen LogP contribution in [0.25, 0.3) is 0 Å². The summed E-state index contributed by atoms with van der Waals surface area (Å²) in [6, 6.07) is 6.40. The van der Waals surface area contributed by atoms with Crippen LogP contribution in [0.2, 0.25) is 0 Å². The summed E-state index contributed by atoms with van der Waals surface area (Å²) in [5.74, 6) is 0.958. The van der Waals surface area contributed by atoms with Gasteiger partial charge < -0.3 is 19.9 Å². The lowest BCUT2D eigenvalue weighted by atomic mass is 10.1. The van der Waals surface area contributed by atoms with E-state index in [4.69, 9.17) is 4.74 Å². The van der Waals surface area contributed by atoms with Crippen LogP contribution >= 0.6 is 0 Å². The van der Waals surface area contributed by atoms with Gasteiger partial charge in [0.25, 0.3) is 0 Å². The lowest BCUT2D eigenvalue weighted by Crippen LogP contribution is -2.26. The van der Waals surface area contributed by atoms with E-state index in [-0.39, 0.29) is 0 Å². The number of nitrogens with one attached hydrogen (secondary N) is 1. The van der Waals surface area contributed by atoms with Gasteiger partial charge in [0.05, 0.1) is 12.3 Å². The zero-order valence-corrected chi connectivity index (χ0v) is 12.9. The molecule has 0 aliphatic carbocycles. The maximum atomic E-state index is 5.71. The summed E-state index contributed by atoms with van der Waals surface area (Å²) < 4.78 is 5.71. The molecule has 0 atom stereocenters. The quantitative estimate of drug-likeness (QED) is 0.726. The zero-order valence-electron chi connectivity index (χ0n) is 12.9. The molecule has 108 valence electrons. The monoisotopic (exact) mass is 265 g/mol. The lowest BCUT2D eigenvalue weighted by molar-refractivity contribution is 0.340. The molecule has 1 aromatic carbocycles. The number of hydrogen-bond donors (Lipinski definition) is 1. The Balaban J connectivity index is 2.62. The largest absolute Gasteiger partial charge is 0.492 e.